The molecule has 0 aromatic carbocycles. The van der Waals surface area contributed by atoms with Crippen LogP contribution in [0.4, 0.5) is 21.2 Å². The third-order valence-corrected chi connectivity index (χ3v) is 10.0. The maximum atomic E-state index is 12.1. The topological polar surface area (TPSA) is 228 Å². The molecule has 0 saturated carbocycles. The van der Waals surface area contributed by atoms with Crippen molar-refractivity contribution in [2.45, 2.75) is 105 Å². The molecule has 0 bridgehead atoms. The Balaban J connectivity index is 0.000000264. The number of rotatable bonds is 8. The van der Waals surface area contributed by atoms with Crippen LogP contribution in [0.25, 0.3) is 6.08 Å². The Morgan fingerprint density at radius 2 is 1.11 bits per heavy atom. The highest BCUT2D eigenvalue weighted by Gasteiger charge is 2.50. The van der Waals surface area contributed by atoms with Crippen LogP contribution in [0.3, 0.4) is 0 Å². The Morgan fingerprint density at radius 3 is 1.53 bits per heavy atom. The Kier molecular flexibility index (Phi) is 19.2. The van der Waals surface area contributed by atoms with Crippen LogP contribution in [-0.4, -0.2) is 149 Å². The number of aromatic amines is 2. The summed E-state index contributed by atoms with van der Waals surface area (Å²) in [4.78, 5) is 91.2. The number of carbonyl (C=O) groups excluding carboxylic acids is 4. The third-order valence-electron chi connectivity index (χ3n) is 9.61. The molecule has 3 saturated heterocycles. The molecule has 0 unspecified atom stereocenters. The number of hydrogen-bond acceptors (Lipinski definition) is 16. The van der Waals surface area contributed by atoms with Crippen LogP contribution in [-0.2, 0) is 37.8 Å². The largest absolute Gasteiger partial charge is 0.487 e. The van der Waals surface area contributed by atoms with Gasteiger partial charge in [0.25, 0.3) is 11.1 Å². The number of esters is 2. The van der Waals surface area contributed by atoms with E-state index in [9.17, 15) is 28.8 Å². The van der Waals surface area contributed by atoms with Gasteiger partial charge in [-0.25, -0.2) is 29.1 Å². The number of anilines is 2. The summed E-state index contributed by atoms with van der Waals surface area (Å²) >= 11 is 3.24. The first-order valence-corrected chi connectivity index (χ1v) is 21.9. The predicted octanol–water partition coefficient (Wildman–Crippen LogP) is 4.73. The van der Waals surface area contributed by atoms with Crippen molar-refractivity contribution in [2.24, 2.45) is 0 Å². The Bertz CT molecular complexity index is 2060. The molecule has 2 N–H and O–H groups in total. The minimum atomic E-state index is -0.549. The van der Waals surface area contributed by atoms with Crippen LogP contribution < -0.4 is 20.9 Å². The predicted molar refractivity (Wildman–Crippen MR) is 245 cm³/mol. The van der Waals surface area contributed by atoms with Crippen LogP contribution in [0.1, 0.15) is 88.8 Å². The van der Waals surface area contributed by atoms with E-state index in [1.807, 2.05) is 74.1 Å². The van der Waals surface area contributed by atoms with E-state index in [2.05, 4.69) is 35.9 Å². The molecule has 354 valence electrons. The molecular formula is C42H64BBrN8O12. The second-order valence-corrected chi connectivity index (χ2v) is 18.4. The van der Waals surface area contributed by atoms with Crippen molar-refractivity contribution < 1.29 is 47.4 Å². The maximum absolute atomic E-state index is 12.1. The molecule has 2 aromatic heterocycles. The molecule has 5 heterocycles. The fourth-order valence-electron chi connectivity index (χ4n) is 5.81. The first kappa shape index (κ1) is 53.1. The molecule has 2 amide bonds. The van der Waals surface area contributed by atoms with Gasteiger partial charge in [0.05, 0.1) is 30.1 Å². The summed E-state index contributed by atoms with van der Waals surface area (Å²) in [6, 6.07) is 0. The van der Waals surface area contributed by atoms with Gasteiger partial charge >= 0.3 is 31.2 Å². The second kappa shape index (κ2) is 23.1. The minimum absolute atomic E-state index is 0.232. The van der Waals surface area contributed by atoms with E-state index < -0.39 is 24.3 Å². The number of amides is 2. The van der Waals surface area contributed by atoms with Gasteiger partial charge in [-0.1, -0.05) is 0 Å². The summed E-state index contributed by atoms with van der Waals surface area (Å²) < 4.78 is 32.2. The molecule has 3 aliphatic heterocycles. The van der Waals surface area contributed by atoms with Crippen LogP contribution >= 0.6 is 15.9 Å². The van der Waals surface area contributed by atoms with Crippen LogP contribution in [0.2, 0.25) is 0 Å². The van der Waals surface area contributed by atoms with E-state index in [1.165, 1.54) is 30.6 Å². The lowest BCUT2D eigenvalue weighted by Crippen LogP contribution is -2.51. The van der Waals surface area contributed by atoms with Gasteiger partial charge in [0, 0.05) is 76.9 Å². The van der Waals surface area contributed by atoms with E-state index in [0.717, 1.165) is 0 Å². The lowest BCUT2D eigenvalue weighted by atomic mass is 9.90. The number of aromatic nitrogens is 4. The minimum Gasteiger partial charge on any atom is -0.463 e. The van der Waals surface area contributed by atoms with Gasteiger partial charge in [0.2, 0.25) is 0 Å². The molecule has 3 aliphatic rings. The summed E-state index contributed by atoms with van der Waals surface area (Å²) in [6.07, 6.45) is 6.32. The summed E-state index contributed by atoms with van der Waals surface area (Å²) in [5.74, 6) is 1.35. The van der Waals surface area contributed by atoms with E-state index in [1.54, 1.807) is 34.5 Å². The zero-order valence-corrected chi connectivity index (χ0v) is 40.7. The average molecular weight is 964 g/mol. The van der Waals surface area contributed by atoms with Crippen molar-refractivity contribution in [1.29, 1.82) is 0 Å². The first-order chi connectivity index (χ1) is 29.7. The summed E-state index contributed by atoms with van der Waals surface area (Å²) in [5, 5.41) is 0. The number of nitrogens with one attached hydrogen (secondary N) is 2. The van der Waals surface area contributed by atoms with Crippen LogP contribution in [0.5, 0.6) is 0 Å². The SMILES string of the molecule is CC(C)(C)OC(=O)N1CCN(c2nc(Br)c[nH]c2=O)CC1.CCOC(=O)/C=C/B1OC(C)(C)C(C)(C)O1.CCOC(=O)/C=C/c1c[nH]c(=O)c(N2CCN(C(=O)OC(C)(C)C)CC2)n1. The Hall–Kier alpha value is -5.22. The highest BCUT2D eigenvalue weighted by molar-refractivity contribution is 9.10. The van der Waals surface area contributed by atoms with Crippen molar-refractivity contribution >= 4 is 64.9 Å². The highest BCUT2D eigenvalue weighted by atomic mass is 79.9. The number of H-pyrrole nitrogens is 2. The van der Waals surface area contributed by atoms with Gasteiger partial charge in [-0.15, -0.1) is 0 Å². The number of hydrogen-bond donors (Lipinski definition) is 2. The van der Waals surface area contributed by atoms with Gasteiger partial charge in [-0.2, -0.15) is 0 Å². The lowest BCUT2D eigenvalue weighted by Gasteiger charge is -2.35. The fraction of sp³-hybridized carbons (Fsp3) is 0.619. The molecule has 0 spiro atoms. The highest BCUT2D eigenvalue weighted by Crippen LogP contribution is 2.36. The van der Waals surface area contributed by atoms with E-state index in [-0.39, 0.29) is 52.9 Å². The monoisotopic (exact) mass is 962 g/mol. The van der Waals surface area contributed by atoms with Gasteiger partial charge in [0.1, 0.15) is 15.8 Å². The molecule has 5 rings (SSSR count). The number of ether oxygens (including phenoxy) is 4. The lowest BCUT2D eigenvalue weighted by molar-refractivity contribution is -0.138. The third kappa shape index (κ3) is 17.1. The zero-order chi connectivity index (χ0) is 48.0. The number of carbonyl (C=O) groups is 4. The molecule has 0 radical (unpaired) electrons. The zero-order valence-electron chi connectivity index (χ0n) is 39.1. The van der Waals surface area contributed by atoms with Gasteiger partial charge < -0.3 is 57.8 Å². The standard InChI is InChI=1S/C18H26N4O5.C13H19BrN4O3.C11H19BO4/c1-5-26-14(23)7-6-13-12-19-16(24)15(20-13)21-8-10-22(11-9-21)17(25)27-18(2,3)4;1-13(2,3)21-12(20)18-6-4-17(5-7-18)10-11(19)15-8-9(14)16-10;1-6-14-9(13)7-8-12-15-10(2,3)11(4,5)16-12/h6-7,12H,5,8-11H2,1-4H3,(H,19,24);8H,4-7H2,1-3H3,(H,15,19);7-8H,6H2,1-5H3/b7-6+;;8-7+. The normalized spacial score (nSPS) is 17.3. The van der Waals surface area contributed by atoms with Crippen molar-refractivity contribution in [1.82, 2.24) is 29.7 Å². The molecule has 22 heteroatoms. The van der Waals surface area contributed by atoms with Crippen molar-refractivity contribution in [3.63, 3.8) is 0 Å². The molecule has 20 nitrogen and oxygen atoms in total. The van der Waals surface area contributed by atoms with Crippen molar-refractivity contribution in [3.8, 4) is 0 Å². The van der Waals surface area contributed by atoms with Gasteiger partial charge in [-0.3, -0.25) is 9.59 Å². The van der Waals surface area contributed by atoms with Crippen molar-refractivity contribution in [3.05, 3.63) is 61.5 Å². The first-order valence-electron chi connectivity index (χ1n) is 21.1. The van der Waals surface area contributed by atoms with Gasteiger partial charge in [0.15, 0.2) is 11.6 Å². The maximum Gasteiger partial charge on any atom is 0.487 e. The van der Waals surface area contributed by atoms with E-state index >= 15 is 0 Å². The van der Waals surface area contributed by atoms with Crippen LogP contribution in [0, 0.1) is 0 Å². The summed E-state index contributed by atoms with van der Waals surface area (Å²) in [6.45, 7) is 26.8. The number of halogens is 1. The molecule has 0 atom stereocenters. The van der Waals surface area contributed by atoms with Crippen molar-refractivity contribution in [2.75, 3.05) is 75.4 Å². The molecule has 0 aliphatic carbocycles. The number of piperazine rings is 2. The van der Waals surface area contributed by atoms with Crippen LogP contribution in [0.15, 0.2) is 44.7 Å². The quantitative estimate of drug-likeness (QED) is 0.158. The second-order valence-electron chi connectivity index (χ2n) is 17.6. The molecular weight excluding hydrogens is 899 g/mol. The Morgan fingerprint density at radius 1 is 0.703 bits per heavy atom. The van der Waals surface area contributed by atoms with Gasteiger partial charge in [-0.05, 0) is 111 Å². The number of nitrogens with zero attached hydrogens (tertiary/aromatic N) is 6. The van der Waals surface area contributed by atoms with E-state index in [0.29, 0.717) is 75.1 Å². The Labute approximate surface area is 383 Å². The summed E-state index contributed by atoms with van der Waals surface area (Å²) in [7, 11) is -0.491. The van der Waals surface area contributed by atoms with E-state index in [4.69, 9.17) is 28.3 Å². The molecule has 64 heavy (non-hydrogen) atoms. The molecule has 3 fully saturated rings. The molecule has 2 aromatic rings. The average Bonchev–Trinajstić information content (AvgIpc) is 3.42. The fourth-order valence-corrected chi connectivity index (χ4v) is 6.09. The smallest absolute Gasteiger partial charge is 0.463 e. The summed E-state index contributed by atoms with van der Waals surface area (Å²) in [5.41, 5.74) is -1.93.